The molecule has 1 aromatic heterocycles. The number of rotatable bonds is 2. The van der Waals surface area contributed by atoms with Gasteiger partial charge in [-0.2, -0.15) is 5.10 Å². The van der Waals surface area contributed by atoms with Gasteiger partial charge in [-0.25, -0.2) is 0 Å². The Kier molecular flexibility index (Phi) is 3.10. The highest BCUT2D eigenvalue weighted by Gasteiger charge is 2.53. The zero-order valence-corrected chi connectivity index (χ0v) is 13.8. The number of hydrogen-bond donors (Lipinski definition) is 1. The maximum absolute atomic E-state index is 6.33. The SMILES string of the molecule is Cn1nc(C2C3CCCCC32)c(-c2cccc(Br)c2)c1N. The smallest absolute Gasteiger partial charge is 0.129 e. The van der Waals surface area contributed by atoms with Gasteiger partial charge in [0.1, 0.15) is 5.82 Å². The Hall–Kier alpha value is -1.29. The molecule has 0 amide bonds. The standard InChI is InChI=1S/C17H20BrN3/c1-21-17(19)14(10-5-4-6-11(18)9-10)16(20-21)15-12-7-2-3-8-13(12)15/h4-6,9,12-13,15H,2-3,7-8,19H2,1H3. The Morgan fingerprint density at radius 3 is 2.62 bits per heavy atom. The Morgan fingerprint density at radius 2 is 1.95 bits per heavy atom. The average molecular weight is 346 g/mol. The summed E-state index contributed by atoms with van der Waals surface area (Å²) in [4.78, 5) is 0. The third-order valence-electron chi connectivity index (χ3n) is 5.20. The van der Waals surface area contributed by atoms with Crippen LogP contribution in [0.25, 0.3) is 11.1 Å². The number of fused-ring (bicyclic) bond motifs is 1. The second-order valence-electron chi connectivity index (χ2n) is 6.42. The predicted molar refractivity (Wildman–Crippen MR) is 88.9 cm³/mol. The number of nitrogens with zero attached hydrogens (tertiary/aromatic N) is 2. The highest BCUT2D eigenvalue weighted by molar-refractivity contribution is 9.10. The number of aryl methyl sites for hydroxylation is 1. The van der Waals surface area contributed by atoms with Gasteiger partial charge >= 0.3 is 0 Å². The fourth-order valence-corrected chi connectivity index (χ4v) is 4.53. The second-order valence-corrected chi connectivity index (χ2v) is 7.33. The first-order valence-corrected chi connectivity index (χ1v) is 8.54. The summed E-state index contributed by atoms with van der Waals surface area (Å²) in [5.74, 6) is 3.11. The molecular weight excluding hydrogens is 326 g/mol. The molecule has 0 radical (unpaired) electrons. The van der Waals surface area contributed by atoms with Gasteiger partial charge in [0.25, 0.3) is 0 Å². The summed E-state index contributed by atoms with van der Waals surface area (Å²) in [5.41, 5.74) is 9.88. The van der Waals surface area contributed by atoms with Gasteiger partial charge in [0.2, 0.25) is 0 Å². The van der Waals surface area contributed by atoms with Crippen molar-refractivity contribution < 1.29 is 0 Å². The fourth-order valence-electron chi connectivity index (χ4n) is 4.13. The van der Waals surface area contributed by atoms with Gasteiger partial charge < -0.3 is 5.73 Å². The first kappa shape index (κ1) is 13.4. The molecule has 1 heterocycles. The Labute approximate surface area is 133 Å². The molecule has 0 spiro atoms. The van der Waals surface area contributed by atoms with Crippen molar-refractivity contribution in [3.8, 4) is 11.1 Å². The molecule has 2 aromatic rings. The van der Waals surface area contributed by atoms with Crippen LogP contribution in [0, 0.1) is 11.8 Å². The summed E-state index contributed by atoms with van der Waals surface area (Å²) in [5, 5.41) is 4.78. The molecule has 3 nitrogen and oxygen atoms in total. The van der Waals surface area contributed by atoms with Gasteiger partial charge in [0, 0.05) is 23.0 Å². The Morgan fingerprint density at radius 1 is 1.24 bits per heavy atom. The zero-order valence-electron chi connectivity index (χ0n) is 12.2. The molecule has 2 unspecified atom stereocenters. The number of halogens is 1. The van der Waals surface area contributed by atoms with E-state index in [4.69, 9.17) is 10.8 Å². The minimum absolute atomic E-state index is 0.630. The molecule has 2 saturated carbocycles. The maximum atomic E-state index is 6.33. The summed E-state index contributed by atoms with van der Waals surface area (Å²) in [7, 11) is 1.95. The molecule has 4 heteroatoms. The Balaban J connectivity index is 1.80. The van der Waals surface area contributed by atoms with E-state index in [0.717, 1.165) is 27.7 Å². The molecular formula is C17H20BrN3. The minimum Gasteiger partial charge on any atom is -0.383 e. The van der Waals surface area contributed by atoms with E-state index in [9.17, 15) is 0 Å². The molecule has 2 fully saturated rings. The van der Waals surface area contributed by atoms with Gasteiger partial charge in [-0.15, -0.1) is 0 Å². The average Bonchev–Trinajstić information content (AvgIpc) is 3.13. The van der Waals surface area contributed by atoms with Crippen molar-refractivity contribution in [1.82, 2.24) is 9.78 Å². The molecule has 0 aliphatic heterocycles. The lowest BCUT2D eigenvalue weighted by Crippen LogP contribution is -1.98. The van der Waals surface area contributed by atoms with Crippen molar-refractivity contribution >= 4 is 21.7 Å². The van der Waals surface area contributed by atoms with E-state index in [2.05, 4.69) is 34.1 Å². The van der Waals surface area contributed by atoms with Crippen LogP contribution in [0.3, 0.4) is 0 Å². The molecule has 110 valence electrons. The first-order chi connectivity index (χ1) is 10.2. The van der Waals surface area contributed by atoms with E-state index in [-0.39, 0.29) is 0 Å². The zero-order chi connectivity index (χ0) is 14.6. The van der Waals surface area contributed by atoms with Crippen molar-refractivity contribution in [1.29, 1.82) is 0 Å². The lowest BCUT2D eigenvalue weighted by Gasteiger charge is -2.05. The number of aromatic nitrogens is 2. The van der Waals surface area contributed by atoms with Crippen LogP contribution in [-0.2, 0) is 7.05 Å². The van der Waals surface area contributed by atoms with Gasteiger partial charge in [-0.3, -0.25) is 4.68 Å². The van der Waals surface area contributed by atoms with Crippen LogP contribution in [0.4, 0.5) is 5.82 Å². The van der Waals surface area contributed by atoms with Crippen molar-refractivity contribution in [2.45, 2.75) is 31.6 Å². The monoisotopic (exact) mass is 345 g/mol. The lowest BCUT2D eigenvalue weighted by atomic mass is 10.0. The van der Waals surface area contributed by atoms with E-state index >= 15 is 0 Å². The molecule has 0 bridgehead atoms. The van der Waals surface area contributed by atoms with Crippen LogP contribution < -0.4 is 5.73 Å². The van der Waals surface area contributed by atoms with Crippen LogP contribution in [-0.4, -0.2) is 9.78 Å². The van der Waals surface area contributed by atoms with Crippen LogP contribution in [0.1, 0.15) is 37.3 Å². The van der Waals surface area contributed by atoms with E-state index in [1.807, 2.05) is 17.8 Å². The van der Waals surface area contributed by atoms with Gasteiger partial charge in [-0.1, -0.05) is 40.9 Å². The quantitative estimate of drug-likeness (QED) is 0.879. The summed E-state index contributed by atoms with van der Waals surface area (Å²) >= 11 is 3.56. The highest BCUT2D eigenvalue weighted by atomic mass is 79.9. The number of nitrogens with two attached hydrogens (primary N) is 1. The molecule has 2 aliphatic rings. The topological polar surface area (TPSA) is 43.8 Å². The number of hydrogen-bond acceptors (Lipinski definition) is 2. The molecule has 1 aromatic carbocycles. The third kappa shape index (κ3) is 2.11. The molecule has 2 aliphatic carbocycles. The molecule has 21 heavy (non-hydrogen) atoms. The third-order valence-corrected chi connectivity index (χ3v) is 5.70. The Bertz CT molecular complexity index is 679. The van der Waals surface area contributed by atoms with Crippen molar-refractivity contribution in [3.63, 3.8) is 0 Å². The van der Waals surface area contributed by atoms with Gasteiger partial charge in [0.05, 0.1) is 5.69 Å². The van der Waals surface area contributed by atoms with E-state index in [0.29, 0.717) is 5.92 Å². The largest absolute Gasteiger partial charge is 0.383 e. The van der Waals surface area contributed by atoms with Crippen molar-refractivity contribution in [2.75, 3.05) is 5.73 Å². The molecule has 0 saturated heterocycles. The highest BCUT2D eigenvalue weighted by Crippen LogP contribution is 2.62. The number of benzene rings is 1. The minimum atomic E-state index is 0.630. The van der Waals surface area contributed by atoms with E-state index in [1.165, 1.54) is 36.9 Å². The molecule has 2 atom stereocenters. The van der Waals surface area contributed by atoms with Crippen LogP contribution in [0.2, 0.25) is 0 Å². The van der Waals surface area contributed by atoms with E-state index in [1.54, 1.807) is 0 Å². The van der Waals surface area contributed by atoms with Crippen LogP contribution in [0.15, 0.2) is 28.7 Å². The van der Waals surface area contributed by atoms with Crippen LogP contribution in [0.5, 0.6) is 0 Å². The predicted octanol–water partition coefficient (Wildman–Crippen LogP) is 4.34. The first-order valence-electron chi connectivity index (χ1n) is 7.75. The molecule has 4 rings (SSSR count). The normalized spacial score (nSPS) is 27.4. The van der Waals surface area contributed by atoms with Gasteiger partial charge in [-0.05, 0) is 42.4 Å². The van der Waals surface area contributed by atoms with Crippen molar-refractivity contribution in [2.24, 2.45) is 18.9 Å². The van der Waals surface area contributed by atoms with Gasteiger partial charge in [0.15, 0.2) is 0 Å². The summed E-state index contributed by atoms with van der Waals surface area (Å²) in [6.07, 6.45) is 5.49. The van der Waals surface area contributed by atoms with Crippen molar-refractivity contribution in [3.05, 3.63) is 34.4 Å². The maximum Gasteiger partial charge on any atom is 0.129 e. The lowest BCUT2D eigenvalue weighted by molar-refractivity contribution is 0.480. The number of nitrogen functional groups attached to an aromatic ring is 1. The fraction of sp³-hybridized carbons (Fsp3) is 0.471. The second kappa shape index (κ2) is 4.87. The molecule has 2 N–H and O–H groups in total. The number of anilines is 1. The summed E-state index contributed by atoms with van der Waals surface area (Å²) in [6.45, 7) is 0. The summed E-state index contributed by atoms with van der Waals surface area (Å²) in [6, 6.07) is 8.39. The van der Waals surface area contributed by atoms with Crippen LogP contribution >= 0.6 is 15.9 Å². The summed E-state index contributed by atoms with van der Waals surface area (Å²) < 4.78 is 2.93. The van der Waals surface area contributed by atoms with E-state index < -0.39 is 0 Å².